The summed E-state index contributed by atoms with van der Waals surface area (Å²) in [5, 5.41) is 0. The maximum absolute atomic E-state index is 5.35. The van der Waals surface area contributed by atoms with E-state index in [-0.39, 0.29) is 0 Å². The number of benzene rings is 1. The summed E-state index contributed by atoms with van der Waals surface area (Å²) in [6, 6.07) is 3.96. The van der Waals surface area contributed by atoms with Crippen LogP contribution < -0.4 is 10.2 Å². The van der Waals surface area contributed by atoms with Crippen LogP contribution in [0.5, 0.6) is 5.75 Å². The highest BCUT2D eigenvalue weighted by Crippen LogP contribution is 2.32. The summed E-state index contributed by atoms with van der Waals surface area (Å²) in [6.07, 6.45) is 0. The van der Waals surface area contributed by atoms with Crippen LogP contribution in [0.3, 0.4) is 0 Å². The monoisotopic (exact) mass is 365 g/mol. The summed E-state index contributed by atoms with van der Waals surface area (Å²) in [4.78, 5) is 5.34. The first-order valence-corrected chi connectivity index (χ1v) is 6.99. The number of halogens is 2. The minimum atomic E-state index is 0.513. The van der Waals surface area contributed by atoms with E-state index in [1.54, 1.807) is 7.11 Å². The van der Waals surface area contributed by atoms with Crippen molar-refractivity contribution in [3.63, 3.8) is 0 Å². The molecule has 0 heterocycles. The molecule has 0 amide bonds. The van der Waals surface area contributed by atoms with Crippen LogP contribution in [0.25, 0.3) is 0 Å². The van der Waals surface area contributed by atoms with Gasteiger partial charge in [-0.1, -0.05) is 29.8 Å². The maximum atomic E-state index is 5.35. The van der Waals surface area contributed by atoms with Crippen LogP contribution in [-0.2, 0) is 11.4 Å². The van der Waals surface area contributed by atoms with Crippen LogP contribution in [0.1, 0.15) is 19.4 Å². The number of ether oxygens (including phenoxy) is 1. The van der Waals surface area contributed by atoms with E-state index >= 15 is 0 Å². The lowest BCUT2D eigenvalue weighted by molar-refractivity contribution is 0.0193. The molecule has 96 valence electrons. The number of hydrogen-bond donors (Lipinski definition) is 1. The SMILES string of the molecule is COc1c(Br)cc(Br)cc1CNOCC(C)C. The van der Waals surface area contributed by atoms with Gasteiger partial charge in [-0.25, -0.2) is 0 Å². The summed E-state index contributed by atoms with van der Waals surface area (Å²) in [5.74, 6) is 1.34. The van der Waals surface area contributed by atoms with Crippen molar-refractivity contribution in [3.05, 3.63) is 26.6 Å². The van der Waals surface area contributed by atoms with E-state index in [0.717, 1.165) is 20.3 Å². The van der Waals surface area contributed by atoms with E-state index in [1.165, 1.54) is 0 Å². The van der Waals surface area contributed by atoms with E-state index in [4.69, 9.17) is 9.57 Å². The predicted octanol–water partition coefficient (Wildman–Crippen LogP) is 3.90. The fraction of sp³-hybridized carbons (Fsp3) is 0.500. The second-order valence-corrected chi connectivity index (χ2v) is 5.88. The topological polar surface area (TPSA) is 30.5 Å². The molecule has 0 radical (unpaired) electrons. The Morgan fingerprint density at radius 3 is 2.59 bits per heavy atom. The third-order valence-electron chi connectivity index (χ3n) is 2.07. The van der Waals surface area contributed by atoms with Gasteiger partial charge in [-0.3, -0.25) is 0 Å². The molecule has 0 unspecified atom stereocenters. The van der Waals surface area contributed by atoms with E-state index in [2.05, 4.69) is 51.2 Å². The van der Waals surface area contributed by atoms with Gasteiger partial charge in [0.15, 0.2) is 0 Å². The molecule has 0 aliphatic carbocycles. The lowest BCUT2D eigenvalue weighted by Crippen LogP contribution is -2.17. The first-order chi connectivity index (χ1) is 8.04. The highest BCUT2D eigenvalue weighted by molar-refractivity contribution is 9.11. The van der Waals surface area contributed by atoms with Crippen LogP contribution >= 0.6 is 31.9 Å². The average Bonchev–Trinajstić information content (AvgIpc) is 2.23. The molecule has 17 heavy (non-hydrogen) atoms. The van der Waals surface area contributed by atoms with Gasteiger partial charge in [0.1, 0.15) is 5.75 Å². The van der Waals surface area contributed by atoms with Gasteiger partial charge in [-0.15, -0.1) is 0 Å². The molecular weight excluding hydrogens is 350 g/mol. The summed E-state index contributed by atoms with van der Waals surface area (Å²) >= 11 is 6.92. The van der Waals surface area contributed by atoms with E-state index in [1.807, 2.05) is 12.1 Å². The fourth-order valence-corrected chi connectivity index (χ4v) is 2.80. The Morgan fingerprint density at radius 1 is 1.29 bits per heavy atom. The van der Waals surface area contributed by atoms with Crippen LogP contribution in [0, 0.1) is 5.92 Å². The van der Waals surface area contributed by atoms with Crippen molar-refractivity contribution in [1.29, 1.82) is 0 Å². The Balaban J connectivity index is 2.63. The van der Waals surface area contributed by atoms with Gasteiger partial charge in [0.2, 0.25) is 0 Å². The summed E-state index contributed by atoms with van der Waals surface area (Å²) < 4.78 is 7.28. The normalized spacial score (nSPS) is 10.9. The zero-order valence-corrected chi connectivity index (χ0v) is 13.4. The second kappa shape index (κ2) is 7.36. The van der Waals surface area contributed by atoms with Crippen LogP contribution in [0.15, 0.2) is 21.1 Å². The number of methoxy groups -OCH3 is 1. The van der Waals surface area contributed by atoms with Crippen molar-refractivity contribution in [2.75, 3.05) is 13.7 Å². The molecule has 0 fully saturated rings. The molecule has 1 rings (SSSR count). The molecular formula is C12H17Br2NO2. The molecule has 3 nitrogen and oxygen atoms in total. The minimum Gasteiger partial charge on any atom is -0.495 e. The van der Waals surface area contributed by atoms with E-state index in [0.29, 0.717) is 19.1 Å². The zero-order chi connectivity index (χ0) is 12.8. The Bertz CT molecular complexity index is 370. The summed E-state index contributed by atoms with van der Waals surface area (Å²) in [5.41, 5.74) is 3.98. The second-order valence-electron chi connectivity index (χ2n) is 4.11. The van der Waals surface area contributed by atoms with Gasteiger partial charge >= 0.3 is 0 Å². The number of rotatable bonds is 6. The van der Waals surface area contributed by atoms with Crippen molar-refractivity contribution >= 4 is 31.9 Å². The van der Waals surface area contributed by atoms with Crippen molar-refractivity contribution in [2.45, 2.75) is 20.4 Å². The zero-order valence-electron chi connectivity index (χ0n) is 10.2. The largest absolute Gasteiger partial charge is 0.495 e. The summed E-state index contributed by atoms with van der Waals surface area (Å²) in [7, 11) is 1.66. The number of hydroxylamine groups is 1. The molecule has 0 spiro atoms. The lowest BCUT2D eigenvalue weighted by Gasteiger charge is -2.13. The molecule has 0 saturated carbocycles. The standard InChI is InChI=1S/C12H17Br2NO2/c1-8(2)7-17-15-6-9-4-10(13)5-11(14)12(9)16-3/h4-5,8,15H,6-7H2,1-3H3. The van der Waals surface area contributed by atoms with Gasteiger partial charge in [0.25, 0.3) is 0 Å². The Labute approximate surface area is 119 Å². The van der Waals surface area contributed by atoms with Gasteiger partial charge < -0.3 is 9.57 Å². The molecule has 0 bridgehead atoms. The average molecular weight is 367 g/mol. The van der Waals surface area contributed by atoms with Crippen molar-refractivity contribution in [2.24, 2.45) is 5.92 Å². The smallest absolute Gasteiger partial charge is 0.137 e. The van der Waals surface area contributed by atoms with Crippen LogP contribution in [0.2, 0.25) is 0 Å². The molecule has 1 aromatic carbocycles. The van der Waals surface area contributed by atoms with Crippen molar-refractivity contribution in [1.82, 2.24) is 5.48 Å². The quantitative estimate of drug-likeness (QED) is 0.611. The maximum Gasteiger partial charge on any atom is 0.137 e. The molecule has 5 heteroatoms. The third-order valence-corrected chi connectivity index (χ3v) is 3.12. The van der Waals surface area contributed by atoms with Crippen molar-refractivity contribution in [3.8, 4) is 5.75 Å². The molecule has 1 aromatic rings. The molecule has 0 aliphatic heterocycles. The first-order valence-electron chi connectivity index (χ1n) is 5.41. The number of hydrogen-bond acceptors (Lipinski definition) is 3. The minimum absolute atomic E-state index is 0.513. The number of nitrogens with one attached hydrogen (secondary N) is 1. The first kappa shape index (κ1) is 15.0. The third kappa shape index (κ3) is 4.95. The van der Waals surface area contributed by atoms with Gasteiger partial charge in [-0.05, 0) is 34.0 Å². The molecule has 1 N–H and O–H groups in total. The van der Waals surface area contributed by atoms with Crippen LogP contribution in [-0.4, -0.2) is 13.7 Å². The van der Waals surface area contributed by atoms with Gasteiger partial charge in [0.05, 0.1) is 18.2 Å². The highest BCUT2D eigenvalue weighted by Gasteiger charge is 2.09. The summed E-state index contributed by atoms with van der Waals surface area (Å²) in [6.45, 7) is 5.52. The Hall–Kier alpha value is -0.100. The van der Waals surface area contributed by atoms with E-state index in [9.17, 15) is 0 Å². The molecule has 0 aromatic heterocycles. The lowest BCUT2D eigenvalue weighted by atomic mass is 10.2. The van der Waals surface area contributed by atoms with Gasteiger partial charge in [0, 0.05) is 16.6 Å². The predicted molar refractivity (Wildman–Crippen MR) is 76.0 cm³/mol. The molecule has 0 saturated heterocycles. The Morgan fingerprint density at radius 2 is 2.00 bits per heavy atom. The Kier molecular flexibility index (Phi) is 6.48. The van der Waals surface area contributed by atoms with E-state index < -0.39 is 0 Å². The molecule has 0 atom stereocenters. The fourth-order valence-electron chi connectivity index (χ4n) is 1.33. The highest BCUT2D eigenvalue weighted by atomic mass is 79.9. The van der Waals surface area contributed by atoms with Crippen molar-refractivity contribution < 1.29 is 9.57 Å². The molecule has 0 aliphatic rings. The van der Waals surface area contributed by atoms with Gasteiger partial charge in [-0.2, -0.15) is 5.48 Å². The van der Waals surface area contributed by atoms with Crippen LogP contribution in [0.4, 0.5) is 0 Å².